The summed E-state index contributed by atoms with van der Waals surface area (Å²) in [6.45, 7) is 0. The molecule has 0 saturated heterocycles. The Labute approximate surface area is 120 Å². The lowest BCUT2D eigenvalue weighted by Gasteiger charge is -2.05. The quantitative estimate of drug-likeness (QED) is 0.695. The molecule has 0 spiro atoms. The van der Waals surface area contributed by atoms with E-state index in [9.17, 15) is 4.79 Å². The molecule has 0 aliphatic carbocycles. The number of hydrogen-bond acceptors (Lipinski definition) is 4. The van der Waals surface area contributed by atoms with Crippen molar-refractivity contribution in [1.29, 1.82) is 0 Å². The molecule has 0 aromatic carbocycles. The predicted molar refractivity (Wildman–Crippen MR) is 77.6 cm³/mol. The molecule has 2 rings (SSSR count). The molecule has 0 atom stereocenters. The van der Waals surface area contributed by atoms with Crippen molar-refractivity contribution in [2.24, 2.45) is 0 Å². The number of nitrogens with one attached hydrogen (secondary N) is 1. The van der Waals surface area contributed by atoms with Crippen LogP contribution in [0.1, 0.15) is 5.56 Å². The number of carbonyl (C=O) groups is 1. The summed E-state index contributed by atoms with van der Waals surface area (Å²) in [6, 6.07) is 7.13. The number of nitrogens with zero attached hydrogens (tertiary/aromatic N) is 2. The maximum absolute atomic E-state index is 11.8. The lowest BCUT2D eigenvalue weighted by atomic mass is 10.2. The number of carbonyl (C=O) groups excluding carboxylic acids is 1. The van der Waals surface area contributed by atoms with Crippen molar-refractivity contribution in [3.05, 3.63) is 47.4 Å². The third kappa shape index (κ3) is 4.22. The second-order valence-corrected chi connectivity index (χ2v) is 5.06. The number of halogens is 1. The molecule has 6 heteroatoms. The second kappa shape index (κ2) is 6.54. The van der Waals surface area contributed by atoms with Gasteiger partial charge in [0.1, 0.15) is 11.0 Å². The first-order valence-corrected chi connectivity index (χ1v) is 7.18. The molecule has 4 nitrogen and oxygen atoms in total. The van der Waals surface area contributed by atoms with Gasteiger partial charge in [-0.05, 0) is 30.0 Å². The highest BCUT2D eigenvalue weighted by Gasteiger charge is 2.05. The van der Waals surface area contributed by atoms with Crippen molar-refractivity contribution in [2.45, 2.75) is 11.3 Å². The Hall–Kier alpha value is -1.59. The van der Waals surface area contributed by atoms with Gasteiger partial charge in [0, 0.05) is 17.3 Å². The Morgan fingerprint density at radius 3 is 2.68 bits per heavy atom. The first-order valence-electron chi connectivity index (χ1n) is 5.57. The first kappa shape index (κ1) is 13.8. The highest BCUT2D eigenvalue weighted by atomic mass is 35.5. The fourth-order valence-electron chi connectivity index (χ4n) is 1.46. The molecule has 2 aromatic heterocycles. The zero-order chi connectivity index (χ0) is 13.7. The first-order chi connectivity index (χ1) is 9.17. The van der Waals surface area contributed by atoms with Gasteiger partial charge in [-0.1, -0.05) is 17.7 Å². The van der Waals surface area contributed by atoms with Crippen LogP contribution in [0.3, 0.4) is 0 Å². The average molecular weight is 294 g/mol. The maximum Gasteiger partial charge on any atom is 0.230 e. The van der Waals surface area contributed by atoms with Gasteiger partial charge in [0.15, 0.2) is 0 Å². The molecule has 2 aromatic rings. The zero-order valence-corrected chi connectivity index (χ0v) is 11.8. The van der Waals surface area contributed by atoms with Gasteiger partial charge in [0.2, 0.25) is 5.91 Å². The fourth-order valence-corrected chi connectivity index (χ4v) is 1.93. The Kier molecular flexibility index (Phi) is 4.76. The van der Waals surface area contributed by atoms with Crippen molar-refractivity contribution in [2.75, 3.05) is 11.6 Å². The summed E-state index contributed by atoms with van der Waals surface area (Å²) in [7, 11) is 0. The summed E-state index contributed by atoms with van der Waals surface area (Å²) in [5.41, 5.74) is 0.808. The Bertz CT molecular complexity index is 557. The van der Waals surface area contributed by atoms with Gasteiger partial charge in [-0.25, -0.2) is 9.97 Å². The van der Waals surface area contributed by atoms with E-state index in [0.717, 1.165) is 10.5 Å². The van der Waals surface area contributed by atoms with Crippen molar-refractivity contribution in [1.82, 2.24) is 9.97 Å². The molecule has 0 radical (unpaired) electrons. The minimum Gasteiger partial charge on any atom is -0.310 e. The van der Waals surface area contributed by atoms with E-state index in [0.29, 0.717) is 11.0 Å². The lowest BCUT2D eigenvalue weighted by Crippen LogP contribution is -2.15. The Morgan fingerprint density at radius 1 is 1.26 bits per heavy atom. The minimum atomic E-state index is -0.131. The van der Waals surface area contributed by atoms with Crippen molar-refractivity contribution in [3.8, 4) is 0 Å². The third-order valence-electron chi connectivity index (χ3n) is 2.39. The number of hydrogen-bond donors (Lipinski definition) is 1. The van der Waals surface area contributed by atoms with E-state index in [-0.39, 0.29) is 12.3 Å². The summed E-state index contributed by atoms with van der Waals surface area (Å²) in [5.74, 6) is 0.415. The molecule has 0 aliphatic rings. The lowest BCUT2D eigenvalue weighted by molar-refractivity contribution is -0.115. The highest BCUT2D eigenvalue weighted by Crippen LogP contribution is 2.14. The number of rotatable bonds is 4. The van der Waals surface area contributed by atoms with E-state index < -0.39 is 0 Å². The topological polar surface area (TPSA) is 54.9 Å². The van der Waals surface area contributed by atoms with Gasteiger partial charge >= 0.3 is 0 Å². The van der Waals surface area contributed by atoms with Gasteiger partial charge in [0.05, 0.1) is 6.42 Å². The van der Waals surface area contributed by atoms with Crippen LogP contribution in [0.2, 0.25) is 5.15 Å². The number of pyridine rings is 2. The SMILES string of the molecule is CSc1ccc(NC(=O)Cc2ccc(Cl)nc2)nc1. The van der Waals surface area contributed by atoms with E-state index in [1.165, 1.54) is 0 Å². The third-order valence-corrected chi connectivity index (χ3v) is 3.33. The van der Waals surface area contributed by atoms with Gasteiger partial charge in [-0.2, -0.15) is 0 Å². The molecular weight excluding hydrogens is 282 g/mol. The molecule has 2 heterocycles. The molecule has 1 amide bonds. The second-order valence-electron chi connectivity index (χ2n) is 3.80. The number of anilines is 1. The van der Waals surface area contributed by atoms with Crippen LogP contribution < -0.4 is 5.32 Å². The van der Waals surface area contributed by atoms with Crippen LogP contribution in [-0.4, -0.2) is 22.1 Å². The van der Waals surface area contributed by atoms with Gasteiger partial charge < -0.3 is 5.32 Å². The highest BCUT2D eigenvalue weighted by molar-refractivity contribution is 7.98. The van der Waals surface area contributed by atoms with Gasteiger partial charge in [0.25, 0.3) is 0 Å². The van der Waals surface area contributed by atoms with Crippen LogP contribution in [-0.2, 0) is 11.2 Å². The van der Waals surface area contributed by atoms with E-state index >= 15 is 0 Å². The normalized spacial score (nSPS) is 10.2. The summed E-state index contributed by atoms with van der Waals surface area (Å²) >= 11 is 7.29. The van der Waals surface area contributed by atoms with Crippen LogP contribution in [0.15, 0.2) is 41.6 Å². The van der Waals surface area contributed by atoms with Crippen LogP contribution in [0, 0.1) is 0 Å². The Morgan fingerprint density at radius 2 is 2.11 bits per heavy atom. The standard InChI is InChI=1S/C13H12ClN3OS/c1-19-10-3-5-12(16-8-10)17-13(18)6-9-2-4-11(14)15-7-9/h2-5,7-8H,6H2,1H3,(H,16,17,18). The molecule has 19 heavy (non-hydrogen) atoms. The van der Waals surface area contributed by atoms with E-state index in [4.69, 9.17) is 11.6 Å². The van der Waals surface area contributed by atoms with Gasteiger partial charge in [-0.15, -0.1) is 11.8 Å². The van der Waals surface area contributed by atoms with Crippen LogP contribution in [0.25, 0.3) is 0 Å². The average Bonchev–Trinajstić information content (AvgIpc) is 2.42. The largest absolute Gasteiger partial charge is 0.310 e. The van der Waals surface area contributed by atoms with Crippen molar-refractivity contribution in [3.63, 3.8) is 0 Å². The summed E-state index contributed by atoms with van der Waals surface area (Å²) in [5, 5.41) is 3.15. The van der Waals surface area contributed by atoms with E-state index in [2.05, 4.69) is 15.3 Å². The van der Waals surface area contributed by atoms with Crippen molar-refractivity contribution < 1.29 is 4.79 Å². The number of aromatic nitrogens is 2. The number of amides is 1. The zero-order valence-electron chi connectivity index (χ0n) is 10.3. The summed E-state index contributed by atoms with van der Waals surface area (Å²) < 4.78 is 0. The Balaban J connectivity index is 1.95. The molecule has 0 aliphatic heterocycles. The summed E-state index contributed by atoms with van der Waals surface area (Å²) in [6.07, 6.45) is 5.54. The monoisotopic (exact) mass is 293 g/mol. The van der Waals surface area contributed by atoms with Crippen LogP contribution >= 0.6 is 23.4 Å². The molecule has 0 bridgehead atoms. The molecule has 0 fully saturated rings. The van der Waals surface area contributed by atoms with Gasteiger partial charge in [-0.3, -0.25) is 4.79 Å². The molecule has 0 saturated carbocycles. The molecule has 98 valence electrons. The van der Waals surface area contributed by atoms with E-state index in [1.54, 1.807) is 42.4 Å². The van der Waals surface area contributed by atoms with E-state index in [1.807, 2.05) is 12.3 Å². The van der Waals surface area contributed by atoms with Crippen molar-refractivity contribution >= 4 is 35.1 Å². The minimum absolute atomic E-state index is 0.131. The van der Waals surface area contributed by atoms with Crippen LogP contribution in [0.4, 0.5) is 5.82 Å². The van der Waals surface area contributed by atoms with Crippen LogP contribution in [0.5, 0.6) is 0 Å². The molecule has 1 N–H and O–H groups in total. The molecule has 0 unspecified atom stereocenters. The fraction of sp³-hybridized carbons (Fsp3) is 0.154. The maximum atomic E-state index is 11.8. The molecular formula is C13H12ClN3OS. The number of thioether (sulfide) groups is 1. The summed E-state index contributed by atoms with van der Waals surface area (Å²) in [4.78, 5) is 20.9. The predicted octanol–water partition coefficient (Wildman–Crippen LogP) is 3.03. The smallest absolute Gasteiger partial charge is 0.230 e.